The van der Waals surface area contributed by atoms with Gasteiger partial charge in [0.2, 0.25) is 0 Å². The molecule has 0 radical (unpaired) electrons. The Morgan fingerprint density at radius 1 is 0.423 bits per heavy atom. The number of hydrogen-bond acceptors (Lipinski definition) is 9. The number of carbonyl (C=O) groups excluding carboxylic acids is 2. The zero-order valence-corrected chi connectivity index (χ0v) is 40.9. The topological polar surface area (TPSA) is 121 Å². The number of hydrogen-bond donors (Lipinski definition) is 2. The number of nitrogens with zero attached hydrogens (tertiary/aromatic N) is 2. The van der Waals surface area contributed by atoms with E-state index in [9.17, 15) is 9.59 Å². The van der Waals surface area contributed by atoms with Gasteiger partial charge in [0.1, 0.15) is 34.0 Å². The van der Waals surface area contributed by atoms with Gasteiger partial charge in [0.15, 0.2) is 0 Å². The lowest BCUT2D eigenvalue weighted by Crippen LogP contribution is -2.26. The Balaban J connectivity index is 1.07. The molecule has 0 aliphatic heterocycles. The van der Waals surface area contributed by atoms with Crippen LogP contribution in [0.3, 0.4) is 0 Å². The monoisotopic (exact) mass is 954 g/mol. The molecule has 0 aliphatic rings. The van der Waals surface area contributed by atoms with Crippen LogP contribution in [-0.4, -0.2) is 49.0 Å². The molecule has 10 aromatic rings. The maximum absolute atomic E-state index is 13.8. The fraction of sp³-hybridized carbons (Fsp3) is 0.133. The summed E-state index contributed by atoms with van der Waals surface area (Å²) in [7, 11) is 6.42. The number of rotatable bonds is 14. The molecular formula is C60H50N4O6S. The largest absolute Gasteiger partial charge is 0.496 e. The number of ether oxygens (including phenoxy) is 4. The van der Waals surface area contributed by atoms with Crippen LogP contribution in [-0.2, 0) is 0 Å². The first-order valence-electron chi connectivity index (χ1n) is 23.2. The summed E-state index contributed by atoms with van der Waals surface area (Å²) in [5, 5.41) is 10.2. The van der Waals surface area contributed by atoms with E-state index in [4.69, 9.17) is 27.7 Å². The van der Waals surface area contributed by atoms with Crippen molar-refractivity contribution in [2.45, 2.75) is 25.9 Å². The van der Waals surface area contributed by atoms with Crippen LogP contribution >= 0.6 is 11.7 Å². The molecule has 0 aliphatic carbocycles. The Morgan fingerprint density at radius 3 is 1.10 bits per heavy atom. The van der Waals surface area contributed by atoms with Crippen LogP contribution in [0.15, 0.2) is 170 Å². The summed E-state index contributed by atoms with van der Waals surface area (Å²) in [6, 6.07) is 55.4. The average molecular weight is 955 g/mol. The molecule has 10 rings (SSSR count). The standard InChI is InChI=1S/C60H50N4O6S/c1-35(37-17-9-7-10-18-37)61-59(65)41-31-49(67-3)55(50(32-41)68-4)47-27-15-23-39-21-13-25-43(53(39)47)45-29-30-46(58-57(45)63-71-64-58)44-26-14-22-40-24-16-28-48(54(40)44)56-51(69-5)33-42(34-52(56)70-6)60(66)62-36(2)38-19-11-8-12-20-38/h7-36H,1-6H3,(H,61,65)(H,62,66)/t35-,36-/m1/s1. The van der Waals surface area contributed by atoms with E-state index in [1.54, 1.807) is 52.7 Å². The van der Waals surface area contributed by atoms with Crippen LogP contribution in [0.5, 0.6) is 23.0 Å². The van der Waals surface area contributed by atoms with E-state index in [1.807, 2.05) is 98.8 Å². The van der Waals surface area contributed by atoms with Gasteiger partial charge < -0.3 is 29.6 Å². The second-order valence-corrected chi connectivity index (χ2v) is 17.8. The fourth-order valence-corrected chi connectivity index (χ4v) is 10.2. The van der Waals surface area contributed by atoms with E-state index in [2.05, 4.69) is 71.3 Å². The van der Waals surface area contributed by atoms with Crippen LogP contribution in [0.25, 0.3) is 77.1 Å². The van der Waals surface area contributed by atoms with E-state index in [0.717, 1.165) is 99.9 Å². The van der Waals surface area contributed by atoms with Crippen LogP contribution < -0.4 is 29.6 Å². The van der Waals surface area contributed by atoms with Gasteiger partial charge in [0.25, 0.3) is 11.8 Å². The highest BCUT2D eigenvalue weighted by Gasteiger charge is 2.26. The first-order valence-corrected chi connectivity index (χ1v) is 24.0. The predicted octanol–water partition coefficient (Wildman–Crippen LogP) is 13.7. The normalized spacial score (nSPS) is 12.1. The summed E-state index contributed by atoms with van der Waals surface area (Å²) < 4.78 is 34.3. The summed E-state index contributed by atoms with van der Waals surface area (Å²) in [6.07, 6.45) is 0. The molecule has 0 saturated carbocycles. The minimum atomic E-state index is -0.245. The third-order valence-corrected chi connectivity index (χ3v) is 13.7. The van der Waals surface area contributed by atoms with Gasteiger partial charge in [-0.15, -0.1) is 0 Å². The van der Waals surface area contributed by atoms with Gasteiger partial charge in [-0.05, 0) is 93.0 Å². The van der Waals surface area contributed by atoms with Crippen molar-refractivity contribution in [3.63, 3.8) is 0 Å². The van der Waals surface area contributed by atoms with Crippen molar-refractivity contribution in [3.05, 3.63) is 192 Å². The second kappa shape index (κ2) is 19.8. The van der Waals surface area contributed by atoms with Crippen LogP contribution in [0.4, 0.5) is 0 Å². The molecule has 10 nitrogen and oxygen atoms in total. The fourth-order valence-electron chi connectivity index (χ4n) is 9.68. The van der Waals surface area contributed by atoms with E-state index >= 15 is 0 Å². The zero-order valence-electron chi connectivity index (χ0n) is 40.1. The molecule has 2 N–H and O–H groups in total. The maximum atomic E-state index is 13.8. The lowest BCUT2D eigenvalue weighted by Gasteiger charge is -2.20. The Kier molecular flexibility index (Phi) is 12.9. The van der Waals surface area contributed by atoms with E-state index in [1.165, 1.54) is 0 Å². The van der Waals surface area contributed by atoms with Crippen molar-refractivity contribution in [3.8, 4) is 67.5 Å². The number of aromatic nitrogens is 2. The summed E-state index contributed by atoms with van der Waals surface area (Å²) in [5.74, 6) is 1.49. The molecule has 0 unspecified atom stereocenters. The van der Waals surface area contributed by atoms with Gasteiger partial charge >= 0.3 is 0 Å². The molecule has 352 valence electrons. The van der Waals surface area contributed by atoms with Crippen molar-refractivity contribution >= 4 is 56.1 Å². The number of nitrogens with one attached hydrogen (secondary N) is 2. The van der Waals surface area contributed by atoms with Crippen molar-refractivity contribution < 1.29 is 28.5 Å². The number of benzene rings is 9. The van der Waals surface area contributed by atoms with Gasteiger partial charge in [-0.1, -0.05) is 146 Å². The highest BCUT2D eigenvalue weighted by atomic mass is 32.1. The molecule has 1 heterocycles. The molecule has 2 amide bonds. The Hall–Kier alpha value is -8.54. The first kappa shape index (κ1) is 46.2. The van der Waals surface area contributed by atoms with Gasteiger partial charge in [-0.25, -0.2) is 0 Å². The lowest BCUT2D eigenvalue weighted by atomic mass is 9.87. The smallest absolute Gasteiger partial charge is 0.252 e. The molecule has 2 atom stereocenters. The van der Waals surface area contributed by atoms with Gasteiger partial charge in [-0.2, -0.15) is 8.75 Å². The molecule has 11 heteroatoms. The first-order chi connectivity index (χ1) is 34.7. The van der Waals surface area contributed by atoms with Gasteiger partial charge in [0, 0.05) is 22.3 Å². The summed E-state index contributed by atoms with van der Waals surface area (Å²) in [5.41, 5.74) is 11.2. The van der Waals surface area contributed by atoms with Crippen LogP contribution in [0, 0.1) is 0 Å². The summed E-state index contributed by atoms with van der Waals surface area (Å²) in [6.45, 7) is 3.92. The quantitative estimate of drug-likeness (QED) is 0.111. The highest BCUT2D eigenvalue weighted by molar-refractivity contribution is 7.00. The van der Waals surface area contributed by atoms with Crippen molar-refractivity contribution in [2.75, 3.05) is 28.4 Å². The van der Waals surface area contributed by atoms with E-state index < -0.39 is 0 Å². The summed E-state index contributed by atoms with van der Waals surface area (Å²) >= 11 is 1.16. The minimum absolute atomic E-state index is 0.215. The maximum Gasteiger partial charge on any atom is 0.252 e. The number of carbonyl (C=O) groups is 2. The molecule has 0 saturated heterocycles. The third kappa shape index (κ3) is 8.65. The molecule has 0 fully saturated rings. The molecular weight excluding hydrogens is 905 g/mol. The van der Waals surface area contributed by atoms with E-state index in [-0.39, 0.29) is 23.9 Å². The second-order valence-electron chi connectivity index (χ2n) is 17.3. The number of fused-ring (bicyclic) bond motifs is 3. The van der Waals surface area contributed by atoms with Crippen molar-refractivity contribution in [2.24, 2.45) is 0 Å². The number of amides is 2. The third-order valence-electron chi connectivity index (χ3n) is 13.2. The van der Waals surface area contributed by atoms with Crippen LogP contribution in [0.2, 0.25) is 0 Å². The Labute approximate surface area is 416 Å². The van der Waals surface area contributed by atoms with Gasteiger partial charge in [0.05, 0.1) is 63.4 Å². The average Bonchev–Trinajstić information content (AvgIpc) is 3.92. The van der Waals surface area contributed by atoms with Crippen LogP contribution in [0.1, 0.15) is 57.8 Å². The molecule has 9 aromatic carbocycles. The predicted molar refractivity (Wildman–Crippen MR) is 285 cm³/mol. The number of methoxy groups -OCH3 is 4. The Morgan fingerprint density at radius 2 is 0.761 bits per heavy atom. The van der Waals surface area contributed by atoms with Crippen molar-refractivity contribution in [1.29, 1.82) is 0 Å². The molecule has 0 spiro atoms. The molecule has 71 heavy (non-hydrogen) atoms. The van der Waals surface area contributed by atoms with Crippen molar-refractivity contribution in [1.82, 2.24) is 19.4 Å². The van der Waals surface area contributed by atoms with E-state index in [0.29, 0.717) is 34.1 Å². The molecule has 0 bridgehead atoms. The lowest BCUT2D eigenvalue weighted by molar-refractivity contribution is 0.0931. The Bertz CT molecular complexity index is 3340. The SMILES string of the molecule is COc1cc(C(=O)N[C@H](C)c2ccccc2)cc(OC)c1-c1cccc2cccc(-c3ccc(-c4cccc5cccc(-c6c(OC)cc(C(=O)N[C@H](C)c7ccccc7)cc6OC)c45)c4nsnc34)c12. The van der Waals surface area contributed by atoms with Gasteiger partial charge in [-0.3, -0.25) is 9.59 Å². The zero-order chi connectivity index (χ0) is 49.2. The highest BCUT2D eigenvalue weighted by Crippen LogP contribution is 2.49. The minimum Gasteiger partial charge on any atom is -0.496 e. The molecule has 1 aromatic heterocycles. The summed E-state index contributed by atoms with van der Waals surface area (Å²) in [4.78, 5) is 27.5.